The predicted molar refractivity (Wildman–Crippen MR) is 198 cm³/mol. The van der Waals surface area contributed by atoms with Crippen LogP contribution in [0.15, 0.2) is 29.8 Å². The fourth-order valence-corrected chi connectivity index (χ4v) is 13.2. The molecule has 1 amide bonds. The lowest BCUT2D eigenvalue weighted by Crippen LogP contribution is -2.65. The molecule has 1 aromatic carbocycles. The number of aromatic nitrogens is 1. The molecule has 2 N–H and O–H groups in total. The van der Waals surface area contributed by atoms with E-state index in [1.807, 2.05) is 0 Å². The lowest BCUT2D eigenvalue weighted by Gasteiger charge is -2.71. The van der Waals surface area contributed by atoms with E-state index in [1.54, 1.807) is 5.57 Å². The van der Waals surface area contributed by atoms with Crippen molar-refractivity contribution in [3.05, 3.63) is 41.1 Å². The normalized spacial score (nSPS) is 39.8. The van der Waals surface area contributed by atoms with Crippen LogP contribution in [0.1, 0.15) is 118 Å². The molecule has 0 bridgehead atoms. The van der Waals surface area contributed by atoms with Gasteiger partial charge in [-0.3, -0.25) is 4.79 Å². The fraction of sp³-hybridized carbons (Fsp3) is 0.744. The third kappa shape index (κ3) is 4.67. The van der Waals surface area contributed by atoms with Gasteiger partial charge in [-0.1, -0.05) is 60.1 Å². The van der Waals surface area contributed by atoms with Crippen LogP contribution in [0.2, 0.25) is 0 Å². The summed E-state index contributed by atoms with van der Waals surface area (Å²) < 4.78 is 6.00. The maximum atomic E-state index is 14.4. The number of amides is 1. The van der Waals surface area contributed by atoms with Gasteiger partial charge in [0.1, 0.15) is 5.75 Å². The van der Waals surface area contributed by atoms with Crippen LogP contribution in [-0.4, -0.2) is 49.6 Å². The molecule has 264 valence electrons. The van der Waals surface area contributed by atoms with E-state index in [9.17, 15) is 4.79 Å². The summed E-state index contributed by atoms with van der Waals surface area (Å²) in [6.45, 7) is 22.6. The number of benzene rings is 1. The predicted octanol–water partition coefficient (Wildman–Crippen LogP) is 9.31. The Morgan fingerprint density at radius 1 is 1.02 bits per heavy atom. The molecule has 0 unspecified atom stereocenters. The highest BCUT2D eigenvalue weighted by Gasteiger charge is 2.69. The Kier molecular flexibility index (Phi) is 8.29. The molecule has 0 saturated heterocycles. The van der Waals surface area contributed by atoms with E-state index < -0.39 is 0 Å². The maximum Gasteiger partial charge on any atom is 0.226 e. The maximum absolute atomic E-state index is 14.4. The van der Waals surface area contributed by atoms with Crippen LogP contribution in [0.3, 0.4) is 0 Å². The molecular weight excluding hydrogens is 590 g/mol. The lowest BCUT2D eigenvalue weighted by molar-refractivity contribution is -0.169. The first-order valence-electron chi connectivity index (χ1n) is 19.6. The number of rotatable bonds is 7. The second-order valence-corrected chi connectivity index (χ2v) is 18.7. The smallest absolute Gasteiger partial charge is 0.226 e. The number of nitrogens with one attached hydrogen (secondary N) is 2. The van der Waals surface area contributed by atoms with Crippen molar-refractivity contribution >= 4 is 16.8 Å². The average Bonchev–Trinajstić information content (AvgIpc) is 3.39. The molecule has 3 saturated carbocycles. The van der Waals surface area contributed by atoms with Crippen molar-refractivity contribution in [3.8, 4) is 5.75 Å². The Morgan fingerprint density at radius 2 is 1.79 bits per heavy atom. The van der Waals surface area contributed by atoms with Gasteiger partial charge in [-0.25, -0.2) is 0 Å². The van der Waals surface area contributed by atoms with Crippen LogP contribution in [0.4, 0.5) is 0 Å². The monoisotopic (exact) mass is 656 g/mol. The molecule has 5 nitrogen and oxygen atoms in total. The van der Waals surface area contributed by atoms with Crippen molar-refractivity contribution in [2.75, 3.05) is 33.8 Å². The molecule has 48 heavy (non-hydrogen) atoms. The summed E-state index contributed by atoms with van der Waals surface area (Å²) in [5.41, 5.74) is 6.22. The highest BCUT2D eigenvalue weighted by molar-refractivity contribution is 5.87. The number of aromatic amines is 1. The van der Waals surface area contributed by atoms with Crippen molar-refractivity contribution in [3.63, 3.8) is 0 Å². The number of H-pyrrole nitrogens is 1. The third-order valence-corrected chi connectivity index (χ3v) is 16.0. The van der Waals surface area contributed by atoms with Gasteiger partial charge in [-0.05, 0) is 155 Å². The van der Waals surface area contributed by atoms with Crippen molar-refractivity contribution in [1.82, 2.24) is 15.2 Å². The molecule has 2 aromatic rings. The van der Waals surface area contributed by atoms with Crippen LogP contribution in [0, 0.1) is 51.2 Å². The van der Waals surface area contributed by atoms with E-state index >= 15 is 0 Å². The Hall–Kier alpha value is -2.27. The second-order valence-electron chi connectivity index (χ2n) is 18.7. The van der Waals surface area contributed by atoms with E-state index in [-0.39, 0.29) is 27.1 Å². The molecule has 5 aliphatic carbocycles. The number of allylic oxidation sites excluding steroid dienone is 2. The third-order valence-electron chi connectivity index (χ3n) is 16.0. The van der Waals surface area contributed by atoms with Gasteiger partial charge in [-0.15, -0.1) is 0 Å². The summed E-state index contributed by atoms with van der Waals surface area (Å²) in [5, 5.41) is 4.85. The summed E-state index contributed by atoms with van der Waals surface area (Å²) >= 11 is 0. The van der Waals surface area contributed by atoms with E-state index in [0.717, 1.165) is 57.4 Å². The molecule has 5 heteroatoms. The van der Waals surface area contributed by atoms with Gasteiger partial charge in [0.25, 0.3) is 0 Å². The van der Waals surface area contributed by atoms with Crippen molar-refractivity contribution in [2.45, 2.75) is 119 Å². The molecule has 0 aliphatic heterocycles. The summed E-state index contributed by atoms with van der Waals surface area (Å²) in [4.78, 5) is 20.5. The fourth-order valence-electron chi connectivity index (χ4n) is 13.2. The summed E-state index contributed by atoms with van der Waals surface area (Å²) in [6, 6.07) is 6.66. The van der Waals surface area contributed by atoms with Crippen LogP contribution in [-0.2, 0) is 16.6 Å². The number of hydrogen-bond acceptors (Lipinski definition) is 3. The van der Waals surface area contributed by atoms with Crippen molar-refractivity contribution < 1.29 is 9.53 Å². The lowest BCUT2D eigenvalue weighted by atomic mass is 9.33. The Labute approximate surface area is 291 Å². The van der Waals surface area contributed by atoms with E-state index in [2.05, 4.69) is 109 Å². The zero-order valence-corrected chi connectivity index (χ0v) is 31.9. The number of carbonyl (C=O) groups excluding carboxylic acids is 1. The van der Waals surface area contributed by atoms with Crippen LogP contribution in [0.5, 0.6) is 5.75 Å². The van der Waals surface area contributed by atoms with Crippen LogP contribution >= 0.6 is 0 Å². The number of nitrogens with zero attached hydrogens (tertiary/aromatic N) is 1. The molecule has 0 radical (unpaired) electrons. The second kappa shape index (κ2) is 11.6. The zero-order valence-electron chi connectivity index (χ0n) is 31.9. The van der Waals surface area contributed by atoms with Crippen LogP contribution in [0.25, 0.3) is 10.9 Å². The minimum absolute atomic E-state index is 0.0685. The largest absolute Gasteiger partial charge is 0.494 e. The van der Waals surface area contributed by atoms with E-state index in [0.29, 0.717) is 42.1 Å². The quantitative estimate of drug-likeness (QED) is 0.231. The summed E-state index contributed by atoms with van der Waals surface area (Å²) in [7, 11) is 4.23. The molecule has 3 fully saturated rings. The minimum Gasteiger partial charge on any atom is -0.494 e. The van der Waals surface area contributed by atoms with Crippen molar-refractivity contribution in [1.29, 1.82) is 0 Å². The van der Waals surface area contributed by atoms with Gasteiger partial charge >= 0.3 is 0 Å². The Balaban J connectivity index is 1.28. The zero-order chi connectivity index (χ0) is 34.4. The highest BCUT2D eigenvalue weighted by atomic mass is 16.5. The number of hydrogen-bond donors (Lipinski definition) is 2. The topological polar surface area (TPSA) is 57.4 Å². The SMILES string of the molecule is CCOc1ccc2[nH]c3c(c2c1)C[C@]1(C)[C@H]2CC=C4[C@@H]5[C@@H](C)[C@H](C)CC[C@]5(C(=O)NCCCN(C)C)CC[C@@]4(C)[C@]2(C)CC[C@H]1C3(C)C. The summed E-state index contributed by atoms with van der Waals surface area (Å²) in [5.74, 6) is 4.07. The van der Waals surface area contributed by atoms with Crippen molar-refractivity contribution in [2.24, 2.45) is 51.2 Å². The molecule has 1 aromatic heterocycles. The standard InChI is InChI=1S/C43H65N3O2/c1-11-48-29-13-15-33-30(25-29)31-26-40(6)34(39(4,5)37(31)45-33)18-19-42(8)35(40)16-14-32-36-28(3)27(2)17-20-43(36,22-21-41(32,42)7)38(47)44-23-12-24-46(9)10/h13-15,25,27-28,34-36,45H,11-12,16-24,26H2,1-10H3,(H,44,47)/t27-,28+,34+,35-,36+,40+,41-,42-,43+/m1/s1. The van der Waals surface area contributed by atoms with Gasteiger partial charge in [0.15, 0.2) is 0 Å². The highest BCUT2D eigenvalue weighted by Crippen LogP contribution is 2.75. The minimum atomic E-state index is -0.260. The van der Waals surface area contributed by atoms with Gasteiger partial charge < -0.3 is 19.9 Å². The molecular formula is C43H65N3O2. The molecule has 1 heterocycles. The molecule has 0 spiro atoms. The summed E-state index contributed by atoms with van der Waals surface area (Å²) in [6.07, 6.45) is 12.9. The molecule has 9 atom stereocenters. The number of fused-ring (bicyclic) bond motifs is 10. The Bertz CT molecular complexity index is 1600. The Morgan fingerprint density at radius 3 is 2.52 bits per heavy atom. The average molecular weight is 656 g/mol. The first-order valence-corrected chi connectivity index (χ1v) is 19.6. The van der Waals surface area contributed by atoms with Gasteiger partial charge in [0.2, 0.25) is 5.91 Å². The first-order chi connectivity index (χ1) is 22.6. The number of carbonyl (C=O) groups is 1. The molecule has 5 aliphatic rings. The van der Waals surface area contributed by atoms with Crippen LogP contribution < -0.4 is 10.1 Å². The van der Waals surface area contributed by atoms with E-state index in [1.165, 1.54) is 41.4 Å². The first kappa shape index (κ1) is 34.2. The van der Waals surface area contributed by atoms with Gasteiger partial charge in [-0.2, -0.15) is 0 Å². The molecule has 7 rings (SSSR count). The number of ether oxygens (including phenoxy) is 1. The van der Waals surface area contributed by atoms with E-state index in [4.69, 9.17) is 4.74 Å². The van der Waals surface area contributed by atoms with Gasteiger partial charge in [0.05, 0.1) is 12.0 Å². The van der Waals surface area contributed by atoms with Gasteiger partial charge in [0, 0.05) is 28.6 Å².